The summed E-state index contributed by atoms with van der Waals surface area (Å²) in [6, 6.07) is 4.37. The average Bonchev–Trinajstić information content (AvgIpc) is 2.57. The van der Waals surface area contributed by atoms with Crippen molar-refractivity contribution in [2.75, 3.05) is 14.2 Å². The lowest BCUT2D eigenvalue weighted by Gasteiger charge is -2.24. The fraction of sp³-hybridized carbons (Fsp3) is 0.556. The largest absolute Gasteiger partial charge is 0.497 e. The van der Waals surface area contributed by atoms with E-state index in [9.17, 15) is 9.59 Å². The summed E-state index contributed by atoms with van der Waals surface area (Å²) in [5.41, 5.74) is 0.383. The van der Waals surface area contributed by atoms with Crippen LogP contribution in [-0.4, -0.2) is 38.1 Å². The highest BCUT2D eigenvalue weighted by atomic mass is 16.5. The van der Waals surface area contributed by atoms with Crippen LogP contribution >= 0.6 is 0 Å². The van der Waals surface area contributed by atoms with Crippen molar-refractivity contribution in [1.29, 1.82) is 0 Å². The highest BCUT2D eigenvalue weighted by Gasteiger charge is 2.25. The topological polar surface area (TPSA) is 76.7 Å². The molecule has 0 radical (unpaired) electrons. The number of hydrogen-bond acceptors (Lipinski definition) is 4. The Kier molecular flexibility index (Phi) is 7.55. The SMILES string of the molecule is CCC(C)NC(=O)C(NC(=O)c1cc(OC)cc(OC)c1)C(C)C. The maximum Gasteiger partial charge on any atom is 0.252 e. The first kappa shape index (κ1) is 19.8. The van der Waals surface area contributed by atoms with Gasteiger partial charge in [-0.1, -0.05) is 20.8 Å². The van der Waals surface area contributed by atoms with Crippen molar-refractivity contribution in [1.82, 2.24) is 10.6 Å². The normalized spacial score (nSPS) is 13.1. The fourth-order valence-corrected chi connectivity index (χ4v) is 2.13. The van der Waals surface area contributed by atoms with Gasteiger partial charge < -0.3 is 20.1 Å². The van der Waals surface area contributed by atoms with Gasteiger partial charge in [0.1, 0.15) is 17.5 Å². The van der Waals surface area contributed by atoms with E-state index in [4.69, 9.17) is 9.47 Å². The third-order valence-electron chi connectivity index (χ3n) is 3.85. The molecule has 0 fully saturated rings. The molecule has 1 rings (SSSR count). The number of benzene rings is 1. The van der Waals surface area contributed by atoms with Crippen molar-refractivity contribution >= 4 is 11.8 Å². The summed E-state index contributed by atoms with van der Waals surface area (Å²) in [4.78, 5) is 24.9. The predicted octanol–water partition coefficient (Wildman–Crippen LogP) is 2.37. The number of hydrogen-bond donors (Lipinski definition) is 2. The number of carbonyl (C=O) groups is 2. The molecule has 1 aromatic rings. The number of carbonyl (C=O) groups excluding carboxylic acids is 2. The highest BCUT2D eigenvalue weighted by Crippen LogP contribution is 2.22. The highest BCUT2D eigenvalue weighted by molar-refractivity contribution is 5.98. The third kappa shape index (κ3) is 5.44. The van der Waals surface area contributed by atoms with E-state index in [0.717, 1.165) is 6.42 Å². The summed E-state index contributed by atoms with van der Waals surface area (Å²) in [5.74, 6) is 0.479. The van der Waals surface area contributed by atoms with Crippen LogP contribution in [0.2, 0.25) is 0 Å². The van der Waals surface area contributed by atoms with E-state index in [1.54, 1.807) is 18.2 Å². The first-order valence-corrected chi connectivity index (χ1v) is 8.16. The van der Waals surface area contributed by atoms with Crippen LogP contribution in [0.15, 0.2) is 18.2 Å². The van der Waals surface area contributed by atoms with Crippen LogP contribution in [0.5, 0.6) is 11.5 Å². The van der Waals surface area contributed by atoms with E-state index < -0.39 is 6.04 Å². The van der Waals surface area contributed by atoms with Gasteiger partial charge in [-0.05, 0) is 31.4 Å². The lowest BCUT2D eigenvalue weighted by molar-refractivity contribution is -0.124. The molecule has 2 N–H and O–H groups in total. The van der Waals surface area contributed by atoms with Gasteiger partial charge in [0.15, 0.2) is 0 Å². The minimum Gasteiger partial charge on any atom is -0.497 e. The summed E-state index contributed by atoms with van der Waals surface area (Å²) in [6.07, 6.45) is 0.831. The van der Waals surface area contributed by atoms with Crippen LogP contribution in [0.25, 0.3) is 0 Å². The standard InChI is InChI=1S/C18H28N2O4/c1-7-12(4)19-18(22)16(11(2)3)20-17(21)13-8-14(23-5)10-15(9-13)24-6/h8-12,16H,7H2,1-6H3,(H,19,22)(H,20,21). The van der Waals surface area contributed by atoms with Crippen LogP contribution in [0.4, 0.5) is 0 Å². The number of amides is 2. The van der Waals surface area contributed by atoms with Gasteiger partial charge in [-0.2, -0.15) is 0 Å². The first-order valence-electron chi connectivity index (χ1n) is 8.16. The van der Waals surface area contributed by atoms with Crippen LogP contribution < -0.4 is 20.1 Å². The molecular weight excluding hydrogens is 308 g/mol. The molecule has 2 atom stereocenters. The Labute approximate surface area is 143 Å². The van der Waals surface area contributed by atoms with E-state index in [2.05, 4.69) is 10.6 Å². The van der Waals surface area contributed by atoms with E-state index in [-0.39, 0.29) is 23.8 Å². The molecule has 0 aliphatic heterocycles. The van der Waals surface area contributed by atoms with E-state index in [1.807, 2.05) is 27.7 Å². The van der Waals surface area contributed by atoms with Crippen molar-refractivity contribution in [3.63, 3.8) is 0 Å². The Bertz CT molecular complexity index is 550. The first-order chi connectivity index (χ1) is 11.3. The Morgan fingerprint density at radius 2 is 1.54 bits per heavy atom. The summed E-state index contributed by atoms with van der Waals surface area (Å²) in [5, 5.41) is 5.71. The van der Waals surface area contributed by atoms with Gasteiger partial charge in [0.25, 0.3) is 5.91 Å². The molecule has 6 heteroatoms. The second kappa shape index (κ2) is 9.15. The van der Waals surface area contributed by atoms with Crippen molar-refractivity contribution < 1.29 is 19.1 Å². The second-order valence-electron chi connectivity index (χ2n) is 6.11. The zero-order chi connectivity index (χ0) is 18.3. The minimum absolute atomic E-state index is 0.0366. The molecule has 0 bridgehead atoms. The smallest absolute Gasteiger partial charge is 0.252 e. The molecule has 1 aromatic carbocycles. The summed E-state index contributed by atoms with van der Waals surface area (Å²) in [7, 11) is 3.04. The monoisotopic (exact) mass is 336 g/mol. The van der Waals surface area contributed by atoms with Crippen LogP contribution in [-0.2, 0) is 4.79 Å². The third-order valence-corrected chi connectivity index (χ3v) is 3.85. The molecule has 0 saturated heterocycles. The van der Waals surface area contributed by atoms with Gasteiger partial charge in [-0.25, -0.2) is 0 Å². The summed E-state index contributed by atoms with van der Waals surface area (Å²) < 4.78 is 10.4. The molecule has 6 nitrogen and oxygen atoms in total. The van der Waals surface area contributed by atoms with Gasteiger partial charge in [0.05, 0.1) is 14.2 Å². The van der Waals surface area contributed by atoms with E-state index in [1.165, 1.54) is 14.2 Å². The number of nitrogens with one attached hydrogen (secondary N) is 2. The molecular formula is C18H28N2O4. The average molecular weight is 336 g/mol. The van der Waals surface area contributed by atoms with Crippen LogP contribution in [0.1, 0.15) is 44.5 Å². The van der Waals surface area contributed by atoms with Crippen molar-refractivity contribution in [2.24, 2.45) is 5.92 Å². The van der Waals surface area contributed by atoms with Crippen LogP contribution in [0.3, 0.4) is 0 Å². The summed E-state index contributed by atoms with van der Waals surface area (Å²) in [6.45, 7) is 7.72. The quantitative estimate of drug-likeness (QED) is 0.764. The molecule has 24 heavy (non-hydrogen) atoms. The molecule has 0 spiro atoms. The fourth-order valence-electron chi connectivity index (χ4n) is 2.13. The van der Waals surface area contributed by atoms with Crippen molar-refractivity contribution in [3.8, 4) is 11.5 Å². The van der Waals surface area contributed by atoms with Gasteiger partial charge in [-0.15, -0.1) is 0 Å². The number of ether oxygens (including phenoxy) is 2. The maximum atomic E-state index is 12.6. The zero-order valence-corrected chi connectivity index (χ0v) is 15.3. The van der Waals surface area contributed by atoms with Crippen molar-refractivity contribution in [3.05, 3.63) is 23.8 Å². The molecule has 0 heterocycles. The maximum absolute atomic E-state index is 12.6. The van der Waals surface area contributed by atoms with Gasteiger partial charge >= 0.3 is 0 Å². The molecule has 2 unspecified atom stereocenters. The molecule has 0 aliphatic rings. The second-order valence-corrected chi connectivity index (χ2v) is 6.11. The van der Waals surface area contributed by atoms with E-state index >= 15 is 0 Å². The molecule has 134 valence electrons. The van der Waals surface area contributed by atoms with Gasteiger partial charge in [0.2, 0.25) is 5.91 Å². The molecule has 0 aromatic heterocycles. The van der Waals surface area contributed by atoms with Gasteiger partial charge in [-0.3, -0.25) is 9.59 Å². The number of rotatable bonds is 8. The van der Waals surface area contributed by atoms with Gasteiger partial charge in [0, 0.05) is 17.7 Å². The Hall–Kier alpha value is -2.24. The Morgan fingerprint density at radius 1 is 1.00 bits per heavy atom. The lowest BCUT2D eigenvalue weighted by Crippen LogP contribution is -2.51. The Balaban J connectivity index is 2.95. The van der Waals surface area contributed by atoms with Crippen LogP contribution in [0, 0.1) is 5.92 Å². The predicted molar refractivity (Wildman–Crippen MR) is 93.5 cm³/mol. The molecule has 0 saturated carbocycles. The zero-order valence-electron chi connectivity index (χ0n) is 15.3. The van der Waals surface area contributed by atoms with Crippen molar-refractivity contribution in [2.45, 2.75) is 46.2 Å². The number of methoxy groups -OCH3 is 2. The Morgan fingerprint density at radius 3 is 1.96 bits per heavy atom. The lowest BCUT2D eigenvalue weighted by atomic mass is 10.0. The summed E-state index contributed by atoms with van der Waals surface area (Å²) >= 11 is 0. The van der Waals surface area contributed by atoms with E-state index in [0.29, 0.717) is 17.1 Å². The minimum atomic E-state index is -0.608. The molecule has 2 amide bonds. The molecule has 0 aliphatic carbocycles.